The minimum Gasteiger partial charge on any atom is -0.330 e. The summed E-state index contributed by atoms with van der Waals surface area (Å²) in [5, 5.41) is 0. The van der Waals surface area contributed by atoms with Gasteiger partial charge in [-0.05, 0) is 71.1 Å². The molecule has 0 rings (SSSR count). The molecule has 0 atom stereocenters. The molecule has 0 aliphatic carbocycles. The fourth-order valence-corrected chi connectivity index (χ4v) is 6.54. The van der Waals surface area contributed by atoms with Crippen LogP contribution in [0.4, 0.5) is 0 Å². The number of rotatable bonds is 34. The molecule has 0 heterocycles. The summed E-state index contributed by atoms with van der Waals surface area (Å²) in [6.07, 6.45) is 43.2. The molecule has 0 aromatic carbocycles. The van der Waals surface area contributed by atoms with Crippen LogP contribution >= 0.6 is 0 Å². The first-order chi connectivity index (χ1) is 21.7. The van der Waals surface area contributed by atoms with Crippen LogP contribution in [0.5, 0.6) is 0 Å². The Labute approximate surface area is 283 Å². The average Bonchev–Trinajstić information content (AvgIpc) is 2.99. The molecule has 0 saturated heterocycles. The van der Waals surface area contributed by atoms with Gasteiger partial charge in [0.25, 0.3) is 0 Å². The van der Waals surface area contributed by atoms with E-state index >= 15 is 0 Å². The van der Waals surface area contributed by atoms with Gasteiger partial charge in [0.2, 0.25) is 0 Å². The number of ketones is 2. The lowest BCUT2D eigenvalue weighted by Crippen LogP contribution is -2.51. The second kappa shape index (κ2) is 30.1. The van der Waals surface area contributed by atoms with Crippen molar-refractivity contribution in [2.24, 2.45) is 5.41 Å². The lowest BCUT2D eigenvalue weighted by Gasteiger charge is -2.35. The van der Waals surface area contributed by atoms with Gasteiger partial charge in [-0.25, -0.2) is 0 Å². The third-order valence-corrected chi connectivity index (χ3v) is 9.35. The van der Waals surface area contributed by atoms with Crippen LogP contribution in [0, 0.1) is 5.41 Å². The van der Waals surface area contributed by atoms with Crippen LogP contribution in [0.1, 0.15) is 201 Å². The molecule has 3 heteroatoms. The second-order valence-electron chi connectivity index (χ2n) is 15.3. The smallest absolute Gasteiger partial charge is 0.151 e. The largest absolute Gasteiger partial charge is 0.330 e. The summed E-state index contributed by atoms with van der Waals surface area (Å²) >= 11 is 0. The van der Waals surface area contributed by atoms with Crippen LogP contribution in [-0.2, 0) is 9.59 Å². The summed E-state index contributed by atoms with van der Waals surface area (Å²) in [6, 6.07) is 0. The first-order valence-electron chi connectivity index (χ1n) is 19.8. The molecule has 0 saturated carbocycles. The van der Waals surface area contributed by atoms with Crippen LogP contribution in [0.2, 0.25) is 0 Å². The Balaban J connectivity index is 4.12. The number of Topliss-reactive ketones (excluding diaryl/α,β-unsaturated/α-hetero) is 2. The van der Waals surface area contributed by atoms with E-state index in [1.807, 2.05) is 6.92 Å². The first-order valence-corrected chi connectivity index (χ1v) is 19.8. The first kappa shape index (κ1) is 43.8. The lowest BCUT2D eigenvalue weighted by atomic mass is 9.76. The van der Waals surface area contributed by atoms with Gasteiger partial charge in [-0.15, -0.1) is 0 Å². The number of carbonyl (C=O) groups is 2. The van der Waals surface area contributed by atoms with E-state index in [-0.39, 0.29) is 11.6 Å². The minimum absolute atomic E-state index is 0.172. The van der Waals surface area contributed by atoms with Crippen molar-refractivity contribution in [3.05, 3.63) is 24.3 Å². The van der Waals surface area contributed by atoms with E-state index in [2.05, 4.69) is 59.3 Å². The van der Waals surface area contributed by atoms with Crippen molar-refractivity contribution in [1.29, 1.82) is 0 Å². The fourth-order valence-electron chi connectivity index (χ4n) is 6.54. The lowest BCUT2D eigenvalue weighted by molar-refractivity contribution is -0.874. The maximum atomic E-state index is 13.4. The van der Waals surface area contributed by atoms with Gasteiger partial charge in [-0.2, -0.15) is 0 Å². The molecular weight excluding hydrogens is 550 g/mol. The highest BCUT2D eigenvalue weighted by Gasteiger charge is 2.43. The Morgan fingerprint density at radius 2 is 0.711 bits per heavy atom. The van der Waals surface area contributed by atoms with E-state index in [4.69, 9.17) is 0 Å². The summed E-state index contributed by atoms with van der Waals surface area (Å²) in [6.45, 7) is 7.09. The van der Waals surface area contributed by atoms with Gasteiger partial charge in [0, 0.05) is 12.8 Å². The summed E-state index contributed by atoms with van der Waals surface area (Å²) in [4.78, 5) is 26.9. The van der Waals surface area contributed by atoms with E-state index in [1.165, 1.54) is 141 Å². The number of allylic oxidation sites excluding steroid dienone is 4. The van der Waals surface area contributed by atoms with Gasteiger partial charge >= 0.3 is 0 Å². The van der Waals surface area contributed by atoms with Crippen LogP contribution in [0.3, 0.4) is 0 Å². The number of unbranched alkanes of at least 4 members (excludes halogenated alkanes) is 22. The van der Waals surface area contributed by atoms with Gasteiger partial charge < -0.3 is 4.48 Å². The predicted molar refractivity (Wildman–Crippen MR) is 200 cm³/mol. The van der Waals surface area contributed by atoms with Gasteiger partial charge in [-0.3, -0.25) is 9.59 Å². The summed E-state index contributed by atoms with van der Waals surface area (Å²) in [7, 11) is 6.30. The summed E-state index contributed by atoms with van der Waals surface area (Å²) < 4.78 is 0.646. The zero-order chi connectivity index (χ0) is 33.5. The third kappa shape index (κ3) is 27.6. The van der Waals surface area contributed by atoms with Gasteiger partial charge in [0.15, 0.2) is 11.6 Å². The van der Waals surface area contributed by atoms with E-state index in [9.17, 15) is 9.59 Å². The van der Waals surface area contributed by atoms with Crippen LogP contribution < -0.4 is 0 Å². The molecule has 0 spiro atoms. The molecule has 0 bridgehead atoms. The quantitative estimate of drug-likeness (QED) is 0.0307. The molecular formula is C42H80NO2+. The van der Waals surface area contributed by atoms with E-state index in [0.717, 1.165) is 25.7 Å². The highest BCUT2D eigenvalue weighted by molar-refractivity contribution is 6.06. The van der Waals surface area contributed by atoms with Crippen molar-refractivity contribution in [2.75, 3.05) is 27.7 Å². The molecule has 0 aromatic heterocycles. The zero-order valence-electron chi connectivity index (χ0n) is 31.6. The van der Waals surface area contributed by atoms with Crippen molar-refractivity contribution < 1.29 is 14.1 Å². The molecule has 0 amide bonds. The Bertz CT molecular complexity index is 692. The molecule has 0 fully saturated rings. The SMILES string of the molecule is CCCCCCCC/C=C\CCCCCCCC(=O)C(C)(C[N+](C)(C)C)C(=O)CCCCCCC/C=C\CCCCCCCC. The van der Waals surface area contributed by atoms with Crippen LogP contribution in [-0.4, -0.2) is 43.7 Å². The average molecular weight is 631 g/mol. The summed E-state index contributed by atoms with van der Waals surface area (Å²) in [5.74, 6) is 0.344. The number of carbonyl (C=O) groups excluding carboxylic acids is 2. The molecule has 0 aliphatic rings. The maximum absolute atomic E-state index is 13.4. The highest BCUT2D eigenvalue weighted by Crippen LogP contribution is 2.28. The van der Waals surface area contributed by atoms with E-state index in [0.29, 0.717) is 23.9 Å². The predicted octanol–water partition coefficient (Wildman–Crippen LogP) is 12.9. The molecule has 0 unspecified atom stereocenters. The molecule has 264 valence electrons. The van der Waals surface area contributed by atoms with Crippen molar-refractivity contribution in [3.63, 3.8) is 0 Å². The standard InChI is InChI=1S/C42H80NO2/c1-7-9-11-13-15-17-19-21-23-25-27-29-31-33-35-37-40(44)42(3,39-43(4,5)6)41(45)38-36-34-32-30-28-26-24-22-20-18-16-14-12-10-8-2/h21-24H,7-20,25-39H2,1-6H3/q+1/b23-21-,24-22-. The number of nitrogens with zero attached hydrogens (tertiary/aromatic N) is 1. The van der Waals surface area contributed by atoms with Crippen molar-refractivity contribution in [2.45, 2.75) is 201 Å². The number of quaternary nitrogens is 1. The highest BCUT2D eigenvalue weighted by atomic mass is 16.2. The molecule has 45 heavy (non-hydrogen) atoms. The monoisotopic (exact) mass is 631 g/mol. The van der Waals surface area contributed by atoms with Gasteiger partial charge in [0.1, 0.15) is 5.41 Å². The Morgan fingerprint density at radius 1 is 0.444 bits per heavy atom. The molecule has 3 nitrogen and oxygen atoms in total. The minimum atomic E-state index is -0.847. The molecule has 0 radical (unpaired) electrons. The Hall–Kier alpha value is -1.22. The maximum Gasteiger partial charge on any atom is 0.151 e. The van der Waals surface area contributed by atoms with Crippen molar-refractivity contribution in [1.82, 2.24) is 0 Å². The van der Waals surface area contributed by atoms with E-state index < -0.39 is 5.41 Å². The van der Waals surface area contributed by atoms with E-state index in [1.54, 1.807) is 0 Å². The number of hydrogen-bond donors (Lipinski definition) is 0. The normalized spacial score (nSPS) is 12.6. The Kier molecular flexibility index (Phi) is 29.3. The molecule has 0 aromatic rings. The summed E-state index contributed by atoms with van der Waals surface area (Å²) in [5.41, 5.74) is -0.847. The van der Waals surface area contributed by atoms with Gasteiger partial charge in [0.05, 0.1) is 27.7 Å². The van der Waals surface area contributed by atoms with Crippen molar-refractivity contribution in [3.8, 4) is 0 Å². The molecule has 0 aliphatic heterocycles. The van der Waals surface area contributed by atoms with Crippen LogP contribution in [0.25, 0.3) is 0 Å². The fraction of sp³-hybridized carbons (Fsp3) is 0.857. The topological polar surface area (TPSA) is 34.1 Å². The molecule has 0 N–H and O–H groups in total. The van der Waals surface area contributed by atoms with Crippen LogP contribution in [0.15, 0.2) is 24.3 Å². The zero-order valence-corrected chi connectivity index (χ0v) is 31.6. The van der Waals surface area contributed by atoms with Gasteiger partial charge in [-0.1, -0.05) is 141 Å². The van der Waals surface area contributed by atoms with Crippen molar-refractivity contribution >= 4 is 11.6 Å². The number of hydrogen-bond acceptors (Lipinski definition) is 2. The Morgan fingerprint density at radius 3 is 1.00 bits per heavy atom. The second-order valence-corrected chi connectivity index (χ2v) is 15.3. The third-order valence-electron chi connectivity index (χ3n) is 9.35.